The number of benzene rings is 3. The van der Waals surface area contributed by atoms with Gasteiger partial charge in [0.2, 0.25) is 11.8 Å². The number of anilines is 1. The van der Waals surface area contributed by atoms with E-state index in [2.05, 4.69) is 56.8 Å². The molecule has 2 N–H and O–H groups in total. The molecule has 1 saturated heterocycles. The molecule has 7 heteroatoms. The SMILES string of the molecule is CC(NC(=O)CN1CCN(CC(=O)Nc2ccc(F)cc2)CC1)c1ccc(-c2ccccc2)cc1. The number of hydrogen-bond donors (Lipinski definition) is 2. The highest BCUT2D eigenvalue weighted by Crippen LogP contribution is 2.21. The summed E-state index contributed by atoms with van der Waals surface area (Å²) in [6, 6.07) is 24.1. The van der Waals surface area contributed by atoms with Gasteiger partial charge in [-0.1, -0.05) is 54.6 Å². The standard InChI is InChI=1S/C28H31FN4O2/c1-21(22-7-9-24(10-8-22)23-5-3-2-4-6-23)30-27(34)19-32-15-17-33(18-16-32)20-28(35)31-26-13-11-25(29)12-14-26/h2-14,21H,15-20H2,1H3,(H,30,34)(H,31,35). The van der Waals surface area contributed by atoms with Crippen LogP contribution in [0.15, 0.2) is 78.9 Å². The van der Waals surface area contributed by atoms with Crippen LogP contribution in [0, 0.1) is 5.82 Å². The molecular weight excluding hydrogens is 443 g/mol. The first kappa shape index (κ1) is 24.6. The highest BCUT2D eigenvalue weighted by molar-refractivity contribution is 5.92. The van der Waals surface area contributed by atoms with Crippen LogP contribution in [0.3, 0.4) is 0 Å². The Labute approximate surface area is 205 Å². The third kappa shape index (κ3) is 7.21. The van der Waals surface area contributed by atoms with Crippen molar-refractivity contribution in [1.82, 2.24) is 15.1 Å². The molecule has 3 aromatic rings. The molecule has 1 heterocycles. The Morgan fingerprint density at radius 1 is 0.771 bits per heavy atom. The number of hydrogen-bond acceptors (Lipinski definition) is 4. The van der Waals surface area contributed by atoms with Crippen molar-refractivity contribution < 1.29 is 14.0 Å². The molecule has 0 bridgehead atoms. The van der Waals surface area contributed by atoms with Crippen molar-refractivity contribution in [3.05, 3.63) is 90.2 Å². The zero-order chi connectivity index (χ0) is 24.6. The lowest BCUT2D eigenvalue weighted by atomic mass is 10.0. The summed E-state index contributed by atoms with van der Waals surface area (Å²) in [5.74, 6) is -0.472. The van der Waals surface area contributed by atoms with E-state index in [1.54, 1.807) is 12.1 Å². The summed E-state index contributed by atoms with van der Waals surface area (Å²) < 4.78 is 13.0. The van der Waals surface area contributed by atoms with E-state index in [4.69, 9.17) is 0 Å². The second kappa shape index (κ2) is 11.7. The molecule has 0 saturated carbocycles. The zero-order valence-electron chi connectivity index (χ0n) is 19.9. The molecule has 35 heavy (non-hydrogen) atoms. The summed E-state index contributed by atoms with van der Waals surface area (Å²) in [7, 11) is 0. The van der Waals surface area contributed by atoms with Crippen LogP contribution in [-0.4, -0.2) is 60.9 Å². The third-order valence-electron chi connectivity index (χ3n) is 6.22. The van der Waals surface area contributed by atoms with Gasteiger partial charge in [-0.05, 0) is 47.9 Å². The highest BCUT2D eigenvalue weighted by Gasteiger charge is 2.21. The summed E-state index contributed by atoms with van der Waals surface area (Å²) in [4.78, 5) is 29.0. The van der Waals surface area contributed by atoms with Crippen LogP contribution in [0.1, 0.15) is 18.5 Å². The average molecular weight is 475 g/mol. The predicted molar refractivity (Wildman–Crippen MR) is 136 cm³/mol. The lowest BCUT2D eigenvalue weighted by Crippen LogP contribution is -2.51. The molecule has 1 aliphatic heterocycles. The maximum Gasteiger partial charge on any atom is 0.238 e. The fourth-order valence-electron chi connectivity index (χ4n) is 4.21. The van der Waals surface area contributed by atoms with Gasteiger partial charge in [0.05, 0.1) is 19.1 Å². The smallest absolute Gasteiger partial charge is 0.238 e. The first-order valence-corrected chi connectivity index (χ1v) is 11.9. The number of carbonyl (C=O) groups is 2. The summed E-state index contributed by atoms with van der Waals surface area (Å²) in [5, 5.41) is 5.88. The minimum atomic E-state index is -0.335. The maximum absolute atomic E-state index is 13.0. The van der Waals surface area contributed by atoms with Crippen LogP contribution in [0.25, 0.3) is 11.1 Å². The van der Waals surface area contributed by atoms with Crippen molar-refractivity contribution in [2.24, 2.45) is 0 Å². The molecule has 4 rings (SSSR count). The summed E-state index contributed by atoms with van der Waals surface area (Å²) in [6.45, 7) is 5.46. The second-order valence-corrected chi connectivity index (χ2v) is 8.88. The van der Waals surface area contributed by atoms with Crippen molar-refractivity contribution >= 4 is 17.5 Å². The molecule has 2 amide bonds. The Kier molecular flexibility index (Phi) is 8.23. The van der Waals surface area contributed by atoms with E-state index in [1.807, 2.05) is 25.1 Å². The molecule has 182 valence electrons. The van der Waals surface area contributed by atoms with Crippen LogP contribution < -0.4 is 10.6 Å². The van der Waals surface area contributed by atoms with Crippen molar-refractivity contribution in [3.63, 3.8) is 0 Å². The van der Waals surface area contributed by atoms with E-state index in [0.29, 0.717) is 25.3 Å². The van der Waals surface area contributed by atoms with Gasteiger partial charge in [-0.3, -0.25) is 19.4 Å². The Morgan fingerprint density at radius 2 is 1.31 bits per heavy atom. The molecule has 0 aromatic heterocycles. The van der Waals surface area contributed by atoms with E-state index in [-0.39, 0.29) is 30.2 Å². The van der Waals surface area contributed by atoms with Gasteiger partial charge in [-0.15, -0.1) is 0 Å². The van der Waals surface area contributed by atoms with Gasteiger partial charge in [-0.25, -0.2) is 4.39 Å². The zero-order valence-corrected chi connectivity index (χ0v) is 19.9. The minimum absolute atomic E-state index is 0.00728. The summed E-state index contributed by atoms with van der Waals surface area (Å²) in [5.41, 5.74) is 3.96. The fourth-order valence-corrected chi connectivity index (χ4v) is 4.21. The minimum Gasteiger partial charge on any atom is -0.348 e. The van der Waals surface area contributed by atoms with E-state index < -0.39 is 0 Å². The molecule has 1 unspecified atom stereocenters. The number of nitrogens with zero attached hydrogens (tertiary/aromatic N) is 2. The lowest BCUT2D eigenvalue weighted by molar-refractivity contribution is -0.124. The molecule has 1 fully saturated rings. The van der Waals surface area contributed by atoms with Crippen molar-refractivity contribution in [3.8, 4) is 11.1 Å². The quantitative estimate of drug-likeness (QED) is 0.519. The Balaban J connectivity index is 1.18. The number of carbonyl (C=O) groups excluding carboxylic acids is 2. The van der Waals surface area contributed by atoms with Crippen molar-refractivity contribution in [2.45, 2.75) is 13.0 Å². The summed E-state index contributed by atoms with van der Waals surface area (Å²) in [6.07, 6.45) is 0. The monoisotopic (exact) mass is 474 g/mol. The van der Waals surface area contributed by atoms with E-state index in [1.165, 1.54) is 17.7 Å². The van der Waals surface area contributed by atoms with Gasteiger partial charge in [0.1, 0.15) is 5.82 Å². The van der Waals surface area contributed by atoms with Crippen LogP contribution >= 0.6 is 0 Å². The summed E-state index contributed by atoms with van der Waals surface area (Å²) >= 11 is 0. The fraction of sp³-hybridized carbons (Fsp3) is 0.286. The molecule has 0 spiro atoms. The van der Waals surface area contributed by atoms with Crippen LogP contribution in [0.4, 0.5) is 10.1 Å². The van der Waals surface area contributed by atoms with Crippen LogP contribution in [0.2, 0.25) is 0 Å². The first-order valence-electron chi connectivity index (χ1n) is 11.9. The predicted octanol–water partition coefficient (Wildman–Crippen LogP) is 3.93. The molecule has 0 radical (unpaired) electrons. The number of rotatable bonds is 8. The van der Waals surface area contributed by atoms with Crippen LogP contribution in [0.5, 0.6) is 0 Å². The molecule has 0 aliphatic carbocycles. The highest BCUT2D eigenvalue weighted by atomic mass is 19.1. The van der Waals surface area contributed by atoms with Crippen molar-refractivity contribution in [1.29, 1.82) is 0 Å². The number of amides is 2. The average Bonchev–Trinajstić information content (AvgIpc) is 2.87. The first-order chi connectivity index (χ1) is 17.0. The number of piperazine rings is 1. The number of halogens is 1. The Bertz CT molecular complexity index is 1110. The largest absolute Gasteiger partial charge is 0.348 e. The van der Waals surface area contributed by atoms with Gasteiger partial charge in [-0.2, -0.15) is 0 Å². The molecule has 1 atom stereocenters. The van der Waals surface area contributed by atoms with Crippen LogP contribution in [-0.2, 0) is 9.59 Å². The Hall–Kier alpha value is -3.55. The normalized spacial score (nSPS) is 15.4. The van der Waals surface area contributed by atoms with Gasteiger partial charge < -0.3 is 10.6 Å². The van der Waals surface area contributed by atoms with E-state index >= 15 is 0 Å². The van der Waals surface area contributed by atoms with Gasteiger partial charge in [0.15, 0.2) is 0 Å². The third-order valence-corrected chi connectivity index (χ3v) is 6.22. The van der Waals surface area contributed by atoms with Gasteiger partial charge >= 0.3 is 0 Å². The molecule has 1 aliphatic rings. The van der Waals surface area contributed by atoms with E-state index in [0.717, 1.165) is 24.2 Å². The van der Waals surface area contributed by atoms with Crippen molar-refractivity contribution in [2.75, 3.05) is 44.6 Å². The molecule has 6 nitrogen and oxygen atoms in total. The number of nitrogens with one attached hydrogen (secondary N) is 2. The molecular formula is C28H31FN4O2. The Morgan fingerprint density at radius 3 is 1.91 bits per heavy atom. The van der Waals surface area contributed by atoms with E-state index in [9.17, 15) is 14.0 Å². The topological polar surface area (TPSA) is 64.7 Å². The van der Waals surface area contributed by atoms with Gasteiger partial charge in [0.25, 0.3) is 0 Å². The molecule has 3 aromatic carbocycles. The second-order valence-electron chi connectivity index (χ2n) is 8.88. The lowest BCUT2D eigenvalue weighted by Gasteiger charge is -2.34. The van der Waals surface area contributed by atoms with Gasteiger partial charge in [0, 0.05) is 31.9 Å². The maximum atomic E-state index is 13.0.